The fraction of sp³-hybridized carbons (Fsp3) is 1.00. The summed E-state index contributed by atoms with van der Waals surface area (Å²) in [4.78, 5) is 2.81. The zero-order valence-electron chi connectivity index (χ0n) is 12.8. The number of rotatable bonds is 4. The van der Waals surface area contributed by atoms with Crippen molar-refractivity contribution in [1.82, 2.24) is 10.2 Å². The minimum Gasteiger partial charge on any atom is -0.308 e. The van der Waals surface area contributed by atoms with Gasteiger partial charge in [-0.25, -0.2) is 0 Å². The van der Waals surface area contributed by atoms with Crippen LogP contribution < -0.4 is 5.32 Å². The number of nitrogens with zero attached hydrogens (tertiary/aromatic N) is 1. The van der Waals surface area contributed by atoms with E-state index >= 15 is 0 Å². The van der Waals surface area contributed by atoms with Crippen LogP contribution in [0.5, 0.6) is 0 Å². The third-order valence-corrected chi connectivity index (χ3v) is 5.12. The molecule has 2 fully saturated rings. The third-order valence-electron chi connectivity index (χ3n) is 5.12. The monoisotopic (exact) mass is 252 g/mol. The fourth-order valence-electron chi connectivity index (χ4n) is 3.90. The molecule has 1 N–H and O–H groups in total. The molecule has 2 aliphatic rings. The van der Waals surface area contributed by atoms with Gasteiger partial charge in [-0.3, -0.25) is 4.90 Å². The van der Waals surface area contributed by atoms with Crippen LogP contribution in [0.1, 0.15) is 59.8 Å². The minimum absolute atomic E-state index is 0.471. The Kier molecular flexibility index (Phi) is 4.71. The molecule has 0 aromatic rings. The van der Waals surface area contributed by atoms with Crippen LogP contribution in [-0.2, 0) is 0 Å². The summed E-state index contributed by atoms with van der Waals surface area (Å²) in [5, 5.41) is 3.92. The molecule has 0 aromatic heterocycles. The van der Waals surface area contributed by atoms with E-state index in [2.05, 4.69) is 37.9 Å². The zero-order valence-corrected chi connectivity index (χ0v) is 12.8. The molecular weight excluding hydrogens is 220 g/mol. The van der Waals surface area contributed by atoms with Gasteiger partial charge in [0.15, 0.2) is 0 Å². The summed E-state index contributed by atoms with van der Waals surface area (Å²) in [6.07, 6.45) is 6.95. The van der Waals surface area contributed by atoms with Crippen LogP contribution in [0.25, 0.3) is 0 Å². The average Bonchev–Trinajstić information content (AvgIpc) is 2.76. The Balaban J connectivity index is 2.04. The molecule has 1 saturated heterocycles. The first-order chi connectivity index (χ1) is 8.56. The van der Waals surface area contributed by atoms with Crippen molar-refractivity contribution in [2.24, 2.45) is 11.8 Å². The number of nitrogens with one attached hydrogen (secondary N) is 1. The van der Waals surface area contributed by atoms with Crippen molar-refractivity contribution < 1.29 is 0 Å². The van der Waals surface area contributed by atoms with Crippen molar-refractivity contribution in [2.75, 3.05) is 19.6 Å². The molecular formula is C16H32N2. The van der Waals surface area contributed by atoms with Gasteiger partial charge in [-0.2, -0.15) is 0 Å². The van der Waals surface area contributed by atoms with Gasteiger partial charge in [0.25, 0.3) is 0 Å². The van der Waals surface area contributed by atoms with Crippen molar-refractivity contribution in [3.8, 4) is 0 Å². The molecule has 0 aromatic carbocycles. The molecule has 2 rings (SSSR count). The third kappa shape index (κ3) is 3.08. The molecule has 0 radical (unpaired) electrons. The topological polar surface area (TPSA) is 15.3 Å². The van der Waals surface area contributed by atoms with Gasteiger partial charge in [0.1, 0.15) is 0 Å². The first-order valence-corrected chi connectivity index (χ1v) is 8.05. The predicted octanol–water partition coefficient (Wildman–Crippen LogP) is 3.28. The van der Waals surface area contributed by atoms with Crippen molar-refractivity contribution in [1.29, 1.82) is 0 Å². The van der Waals surface area contributed by atoms with Crippen LogP contribution in [-0.4, -0.2) is 36.1 Å². The SMILES string of the molecule is CCC(C)C1CNC2(CCCC2)CN1CC(C)C. The maximum atomic E-state index is 3.92. The highest BCUT2D eigenvalue weighted by Crippen LogP contribution is 2.34. The molecule has 0 bridgehead atoms. The molecule has 2 atom stereocenters. The molecule has 1 aliphatic carbocycles. The Morgan fingerprint density at radius 3 is 2.44 bits per heavy atom. The molecule has 18 heavy (non-hydrogen) atoms. The Morgan fingerprint density at radius 2 is 1.89 bits per heavy atom. The van der Waals surface area contributed by atoms with Gasteiger partial charge >= 0.3 is 0 Å². The van der Waals surface area contributed by atoms with Gasteiger partial charge in [-0.05, 0) is 24.7 Å². The second-order valence-corrected chi connectivity index (χ2v) is 7.14. The van der Waals surface area contributed by atoms with E-state index in [1.165, 1.54) is 51.7 Å². The molecule has 1 saturated carbocycles. The van der Waals surface area contributed by atoms with E-state index in [0.717, 1.165) is 17.9 Å². The first-order valence-electron chi connectivity index (χ1n) is 8.05. The molecule has 2 heteroatoms. The normalized spacial score (nSPS) is 30.2. The summed E-state index contributed by atoms with van der Waals surface area (Å²) in [5.74, 6) is 1.60. The summed E-state index contributed by atoms with van der Waals surface area (Å²) < 4.78 is 0. The largest absolute Gasteiger partial charge is 0.308 e. The predicted molar refractivity (Wildman–Crippen MR) is 78.9 cm³/mol. The maximum Gasteiger partial charge on any atom is 0.0309 e. The molecule has 2 nitrogen and oxygen atoms in total. The Labute approximate surface area is 114 Å². The Bertz CT molecular complexity index is 256. The molecule has 106 valence electrons. The highest BCUT2D eigenvalue weighted by molar-refractivity contribution is 5.01. The van der Waals surface area contributed by atoms with Gasteiger partial charge in [0.2, 0.25) is 0 Å². The van der Waals surface area contributed by atoms with Gasteiger partial charge in [-0.15, -0.1) is 0 Å². The lowest BCUT2D eigenvalue weighted by molar-refractivity contribution is 0.0431. The van der Waals surface area contributed by atoms with Crippen LogP contribution in [0, 0.1) is 11.8 Å². The van der Waals surface area contributed by atoms with E-state index in [1.54, 1.807) is 0 Å². The summed E-state index contributed by atoms with van der Waals surface area (Å²) in [5.41, 5.74) is 0.471. The van der Waals surface area contributed by atoms with E-state index in [0.29, 0.717) is 5.54 Å². The molecule has 2 unspecified atom stereocenters. The van der Waals surface area contributed by atoms with Crippen LogP contribution in [0.2, 0.25) is 0 Å². The van der Waals surface area contributed by atoms with E-state index in [-0.39, 0.29) is 0 Å². The van der Waals surface area contributed by atoms with Crippen molar-refractivity contribution >= 4 is 0 Å². The van der Waals surface area contributed by atoms with Crippen molar-refractivity contribution in [3.63, 3.8) is 0 Å². The molecule has 0 amide bonds. The minimum atomic E-state index is 0.471. The lowest BCUT2D eigenvalue weighted by Gasteiger charge is -2.49. The first kappa shape index (κ1) is 14.3. The van der Waals surface area contributed by atoms with Crippen LogP contribution >= 0.6 is 0 Å². The Morgan fingerprint density at radius 1 is 1.22 bits per heavy atom. The summed E-state index contributed by atoms with van der Waals surface area (Å²) in [6.45, 7) is 13.2. The van der Waals surface area contributed by atoms with Crippen LogP contribution in [0.3, 0.4) is 0 Å². The zero-order chi connectivity index (χ0) is 13.2. The number of piperazine rings is 1. The standard InChI is InChI=1S/C16H32N2/c1-5-14(4)15-10-17-16(8-6-7-9-16)12-18(15)11-13(2)3/h13-15,17H,5-12H2,1-4H3. The van der Waals surface area contributed by atoms with Gasteiger partial charge < -0.3 is 5.32 Å². The van der Waals surface area contributed by atoms with Gasteiger partial charge in [0.05, 0.1) is 0 Å². The van der Waals surface area contributed by atoms with Crippen molar-refractivity contribution in [3.05, 3.63) is 0 Å². The van der Waals surface area contributed by atoms with Crippen LogP contribution in [0.15, 0.2) is 0 Å². The quantitative estimate of drug-likeness (QED) is 0.826. The van der Waals surface area contributed by atoms with Gasteiger partial charge in [-0.1, -0.05) is 47.0 Å². The van der Waals surface area contributed by atoms with E-state index < -0.39 is 0 Å². The van der Waals surface area contributed by atoms with Gasteiger partial charge in [0, 0.05) is 31.2 Å². The van der Waals surface area contributed by atoms with Crippen LogP contribution in [0.4, 0.5) is 0 Å². The van der Waals surface area contributed by atoms with E-state index in [1.807, 2.05) is 0 Å². The molecule has 1 aliphatic heterocycles. The summed E-state index contributed by atoms with van der Waals surface area (Å²) >= 11 is 0. The second kappa shape index (κ2) is 5.92. The lowest BCUT2D eigenvalue weighted by atomic mass is 9.87. The summed E-state index contributed by atoms with van der Waals surface area (Å²) in [6, 6.07) is 0.753. The van der Waals surface area contributed by atoms with E-state index in [9.17, 15) is 0 Å². The van der Waals surface area contributed by atoms with E-state index in [4.69, 9.17) is 0 Å². The summed E-state index contributed by atoms with van der Waals surface area (Å²) in [7, 11) is 0. The lowest BCUT2D eigenvalue weighted by Crippen LogP contribution is -2.64. The Hall–Kier alpha value is -0.0800. The number of hydrogen-bond acceptors (Lipinski definition) is 2. The number of hydrogen-bond donors (Lipinski definition) is 1. The second-order valence-electron chi connectivity index (χ2n) is 7.14. The maximum absolute atomic E-state index is 3.92. The molecule has 1 spiro atoms. The fourth-order valence-corrected chi connectivity index (χ4v) is 3.90. The highest BCUT2D eigenvalue weighted by Gasteiger charge is 2.41. The van der Waals surface area contributed by atoms with Crippen molar-refractivity contribution in [2.45, 2.75) is 71.4 Å². The smallest absolute Gasteiger partial charge is 0.0309 e. The molecule has 1 heterocycles. The highest BCUT2D eigenvalue weighted by atomic mass is 15.3. The average molecular weight is 252 g/mol.